The minimum atomic E-state index is -4.72. The maximum Gasteiger partial charge on any atom is 0.406 e. The Bertz CT molecular complexity index is 397. The Hall–Kier alpha value is -0.820. The summed E-state index contributed by atoms with van der Waals surface area (Å²) < 4.78 is 44.9. The summed E-state index contributed by atoms with van der Waals surface area (Å²) in [7, 11) is 0. The van der Waals surface area contributed by atoms with E-state index >= 15 is 0 Å². The SMILES string of the molecule is CC1(C)CCC(CN2CCC(C(=O)O)(C(F)(F)F)C2)O1. The summed E-state index contributed by atoms with van der Waals surface area (Å²) in [6, 6.07) is 0. The van der Waals surface area contributed by atoms with E-state index < -0.39 is 24.1 Å². The molecular formula is C13H20F3NO3. The van der Waals surface area contributed by atoms with Crippen LogP contribution < -0.4 is 0 Å². The highest BCUT2D eigenvalue weighted by molar-refractivity contribution is 5.76. The van der Waals surface area contributed by atoms with Crippen molar-refractivity contribution >= 4 is 5.97 Å². The number of hydrogen-bond acceptors (Lipinski definition) is 3. The molecule has 0 bridgehead atoms. The molecule has 7 heteroatoms. The van der Waals surface area contributed by atoms with Gasteiger partial charge in [0.1, 0.15) is 0 Å². The van der Waals surface area contributed by atoms with E-state index in [1.807, 2.05) is 13.8 Å². The average molecular weight is 295 g/mol. The van der Waals surface area contributed by atoms with Gasteiger partial charge in [0.15, 0.2) is 5.41 Å². The Morgan fingerprint density at radius 3 is 2.45 bits per heavy atom. The average Bonchev–Trinajstić information content (AvgIpc) is 2.83. The highest BCUT2D eigenvalue weighted by atomic mass is 19.4. The molecule has 0 aromatic carbocycles. The van der Waals surface area contributed by atoms with Crippen molar-refractivity contribution in [3.63, 3.8) is 0 Å². The fourth-order valence-electron chi connectivity index (χ4n) is 3.07. The van der Waals surface area contributed by atoms with Crippen LogP contribution in [-0.2, 0) is 9.53 Å². The Balaban J connectivity index is 2.00. The van der Waals surface area contributed by atoms with E-state index in [0.717, 1.165) is 12.8 Å². The molecule has 2 saturated heterocycles. The first-order valence-corrected chi connectivity index (χ1v) is 6.76. The molecule has 0 aromatic heterocycles. The van der Waals surface area contributed by atoms with Crippen LogP contribution in [0.15, 0.2) is 0 Å². The summed E-state index contributed by atoms with van der Waals surface area (Å²) in [5, 5.41) is 8.98. The molecule has 2 aliphatic rings. The number of likely N-dealkylation sites (tertiary alicyclic amines) is 1. The minimum Gasteiger partial charge on any atom is -0.481 e. The fourth-order valence-corrected chi connectivity index (χ4v) is 3.07. The first-order chi connectivity index (χ1) is 9.06. The van der Waals surface area contributed by atoms with Gasteiger partial charge < -0.3 is 9.84 Å². The predicted molar refractivity (Wildman–Crippen MR) is 65.4 cm³/mol. The van der Waals surface area contributed by atoms with E-state index in [1.165, 1.54) is 0 Å². The molecule has 2 atom stereocenters. The van der Waals surface area contributed by atoms with Crippen LogP contribution in [0.4, 0.5) is 13.2 Å². The van der Waals surface area contributed by atoms with Gasteiger partial charge in [0, 0.05) is 13.1 Å². The van der Waals surface area contributed by atoms with E-state index in [0.29, 0.717) is 6.54 Å². The highest BCUT2D eigenvalue weighted by Crippen LogP contribution is 2.46. The normalized spacial score (nSPS) is 34.5. The third-order valence-corrected chi connectivity index (χ3v) is 4.32. The van der Waals surface area contributed by atoms with Crippen molar-refractivity contribution in [1.29, 1.82) is 0 Å². The number of carboxylic acids is 1. The van der Waals surface area contributed by atoms with Crippen LogP contribution in [0.2, 0.25) is 0 Å². The zero-order valence-corrected chi connectivity index (χ0v) is 11.7. The third-order valence-electron chi connectivity index (χ3n) is 4.32. The number of alkyl halides is 3. The molecule has 0 saturated carbocycles. The number of nitrogens with zero attached hydrogens (tertiary/aromatic N) is 1. The molecule has 0 aromatic rings. The van der Waals surface area contributed by atoms with Crippen LogP contribution in [0.25, 0.3) is 0 Å². The Morgan fingerprint density at radius 1 is 1.40 bits per heavy atom. The maximum atomic E-state index is 13.0. The van der Waals surface area contributed by atoms with Crippen LogP contribution in [-0.4, -0.2) is 53.5 Å². The van der Waals surface area contributed by atoms with E-state index in [-0.39, 0.29) is 24.7 Å². The molecule has 0 amide bonds. The van der Waals surface area contributed by atoms with Crippen LogP contribution >= 0.6 is 0 Å². The summed E-state index contributed by atoms with van der Waals surface area (Å²) in [6.07, 6.45) is -3.54. The largest absolute Gasteiger partial charge is 0.481 e. The predicted octanol–water partition coefficient (Wildman–Crippen LogP) is 2.28. The van der Waals surface area contributed by atoms with Gasteiger partial charge in [-0.25, -0.2) is 0 Å². The molecule has 20 heavy (non-hydrogen) atoms. The molecular weight excluding hydrogens is 275 g/mol. The quantitative estimate of drug-likeness (QED) is 0.868. The minimum absolute atomic E-state index is 0.108. The molecule has 0 radical (unpaired) electrons. The Labute approximate surface area is 115 Å². The van der Waals surface area contributed by atoms with Gasteiger partial charge in [-0.05, 0) is 39.7 Å². The van der Waals surface area contributed by atoms with E-state index in [2.05, 4.69) is 0 Å². The van der Waals surface area contributed by atoms with Crippen molar-refractivity contribution in [3.05, 3.63) is 0 Å². The van der Waals surface area contributed by atoms with Crippen molar-refractivity contribution in [1.82, 2.24) is 4.90 Å². The molecule has 2 fully saturated rings. The van der Waals surface area contributed by atoms with Crippen molar-refractivity contribution in [2.75, 3.05) is 19.6 Å². The topological polar surface area (TPSA) is 49.8 Å². The molecule has 2 rings (SSSR count). The number of halogens is 3. The van der Waals surface area contributed by atoms with E-state index in [1.54, 1.807) is 4.90 Å². The van der Waals surface area contributed by atoms with E-state index in [9.17, 15) is 18.0 Å². The van der Waals surface area contributed by atoms with Crippen LogP contribution in [0.5, 0.6) is 0 Å². The van der Waals surface area contributed by atoms with Gasteiger partial charge in [-0.1, -0.05) is 0 Å². The first kappa shape index (κ1) is 15.6. The van der Waals surface area contributed by atoms with Gasteiger partial charge >= 0.3 is 12.1 Å². The lowest BCUT2D eigenvalue weighted by Crippen LogP contribution is -2.47. The number of rotatable bonds is 3. The van der Waals surface area contributed by atoms with Gasteiger partial charge in [0.2, 0.25) is 0 Å². The summed E-state index contributed by atoms with van der Waals surface area (Å²) in [5.41, 5.74) is -2.86. The number of ether oxygens (including phenoxy) is 1. The van der Waals surface area contributed by atoms with Crippen molar-refractivity contribution in [2.45, 2.75) is 51.0 Å². The molecule has 1 N–H and O–H groups in total. The number of aliphatic carboxylic acids is 1. The molecule has 2 heterocycles. The molecule has 116 valence electrons. The summed E-state index contributed by atoms with van der Waals surface area (Å²) in [4.78, 5) is 12.6. The van der Waals surface area contributed by atoms with E-state index in [4.69, 9.17) is 9.84 Å². The van der Waals surface area contributed by atoms with Gasteiger partial charge in [-0.15, -0.1) is 0 Å². The Kier molecular flexibility index (Phi) is 3.79. The number of carboxylic acid groups (broad SMARTS) is 1. The lowest BCUT2D eigenvalue weighted by atomic mass is 9.86. The fraction of sp³-hybridized carbons (Fsp3) is 0.923. The Morgan fingerprint density at radius 2 is 2.05 bits per heavy atom. The molecule has 2 unspecified atom stereocenters. The number of carbonyl (C=O) groups is 1. The monoisotopic (exact) mass is 295 g/mol. The zero-order chi connectivity index (χ0) is 15.2. The lowest BCUT2D eigenvalue weighted by Gasteiger charge is -2.28. The van der Waals surface area contributed by atoms with Crippen molar-refractivity contribution < 1.29 is 27.8 Å². The second kappa shape index (κ2) is 4.87. The number of hydrogen-bond donors (Lipinski definition) is 1. The van der Waals surface area contributed by atoms with Gasteiger partial charge in [-0.3, -0.25) is 9.69 Å². The van der Waals surface area contributed by atoms with Crippen LogP contribution in [0.3, 0.4) is 0 Å². The van der Waals surface area contributed by atoms with Crippen molar-refractivity contribution in [3.8, 4) is 0 Å². The third kappa shape index (κ3) is 2.79. The van der Waals surface area contributed by atoms with Crippen LogP contribution in [0.1, 0.15) is 33.1 Å². The summed E-state index contributed by atoms with van der Waals surface area (Å²) in [6.45, 7) is 3.94. The first-order valence-electron chi connectivity index (χ1n) is 6.76. The molecule has 0 spiro atoms. The lowest BCUT2D eigenvalue weighted by molar-refractivity contribution is -0.227. The highest BCUT2D eigenvalue weighted by Gasteiger charge is 2.63. The molecule has 4 nitrogen and oxygen atoms in total. The van der Waals surface area contributed by atoms with Gasteiger partial charge in [-0.2, -0.15) is 13.2 Å². The van der Waals surface area contributed by atoms with Crippen LogP contribution in [0, 0.1) is 5.41 Å². The maximum absolute atomic E-state index is 13.0. The van der Waals surface area contributed by atoms with Crippen molar-refractivity contribution in [2.24, 2.45) is 5.41 Å². The second-order valence-corrected chi connectivity index (χ2v) is 6.41. The molecule has 0 aliphatic carbocycles. The smallest absolute Gasteiger partial charge is 0.406 e. The van der Waals surface area contributed by atoms with Gasteiger partial charge in [0.05, 0.1) is 11.7 Å². The molecule has 2 aliphatic heterocycles. The standard InChI is InChI=1S/C13H20F3NO3/c1-11(2)4-3-9(20-11)7-17-6-5-12(8-17,10(18)19)13(14,15)16/h9H,3-8H2,1-2H3,(H,18,19). The second-order valence-electron chi connectivity index (χ2n) is 6.41. The summed E-state index contributed by atoms with van der Waals surface area (Å²) in [5.74, 6) is -1.78. The zero-order valence-electron chi connectivity index (χ0n) is 11.7. The summed E-state index contributed by atoms with van der Waals surface area (Å²) >= 11 is 0. The van der Waals surface area contributed by atoms with Gasteiger partial charge in [0.25, 0.3) is 0 Å².